The summed E-state index contributed by atoms with van der Waals surface area (Å²) >= 11 is 0. The van der Waals surface area contributed by atoms with E-state index >= 15 is 0 Å². The van der Waals surface area contributed by atoms with Gasteiger partial charge in [-0.05, 0) is 43.2 Å². The number of ether oxygens (including phenoxy) is 1. The second-order valence-corrected chi connectivity index (χ2v) is 6.25. The Morgan fingerprint density at radius 3 is 2.59 bits per heavy atom. The van der Waals surface area contributed by atoms with E-state index < -0.39 is 18.2 Å². The summed E-state index contributed by atoms with van der Waals surface area (Å²) in [6.45, 7) is 3.75. The molecular formula is C19H17F3N2O3. The third kappa shape index (κ3) is 3.89. The minimum absolute atomic E-state index is 0.0724. The van der Waals surface area contributed by atoms with Crippen molar-refractivity contribution in [2.24, 2.45) is 0 Å². The van der Waals surface area contributed by atoms with E-state index in [1.165, 1.54) is 23.1 Å². The fourth-order valence-corrected chi connectivity index (χ4v) is 2.81. The van der Waals surface area contributed by atoms with E-state index in [-0.39, 0.29) is 18.1 Å². The largest absolute Gasteiger partial charge is 0.479 e. The van der Waals surface area contributed by atoms with Crippen molar-refractivity contribution in [2.45, 2.75) is 32.7 Å². The number of hydrogen-bond donors (Lipinski definition) is 1. The van der Waals surface area contributed by atoms with Crippen molar-refractivity contribution in [3.05, 3.63) is 53.6 Å². The van der Waals surface area contributed by atoms with Crippen LogP contribution >= 0.6 is 0 Å². The number of halogens is 3. The van der Waals surface area contributed by atoms with Crippen LogP contribution in [-0.2, 0) is 16.1 Å². The predicted molar refractivity (Wildman–Crippen MR) is 93.6 cm³/mol. The van der Waals surface area contributed by atoms with Gasteiger partial charge < -0.3 is 15.0 Å². The third-order valence-corrected chi connectivity index (χ3v) is 4.27. The van der Waals surface area contributed by atoms with E-state index in [1.807, 2.05) is 31.2 Å². The van der Waals surface area contributed by atoms with Gasteiger partial charge in [-0.3, -0.25) is 9.59 Å². The number of hydrogen-bond acceptors (Lipinski definition) is 3. The van der Waals surface area contributed by atoms with Crippen LogP contribution in [0.1, 0.15) is 18.1 Å². The average molecular weight is 378 g/mol. The van der Waals surface area contributed by atoms with Gasteiger partial charge in [-0.25, -0.2) is 0 Å². The molecule has 0 aliphatic carbocycles. The van der Waals surface area contributed by atoms with Gasteiger partial charge in [0, 0.05) is 5.69 Å². The van der Waals surface area contributed by atoms with Gasteiger partial charge in [0.25, 0.3) is 5.91 Å². The average Bonchev–Trinajstić information content (AvgIpc) is 2.60. The van der Waals surface area contributed by atoms with E-state index in [0.29, 0.717) is 11.4 Å². The molecule has 2 aromatic rings. The fraction of sp³-hybridized carbons (Fsp3) is 0.263. The summed E-state index contributed by atoms with van der Waals surface area (Å²) in [4.78, 5) is 25.3. The Bertz CT molecular complexity index is 896. The molecule has 2 aromatic carbocycles. The number of fused-ring (bicyclic) bond motifs is 1. The minimum atomic E-state index is -5.00. The van der Waals surface area contributed by atoms with Crippen molar-refractivity contribution in [2.75, 3.05) is 10.2 Å². The van der Waals surface area contributed by atoms with E-state index in [0.717, 1.165) is 11.1 Å². The lowest BCUT2D eigenvalue weighted by atomic mass is 10.1. The van der Waals surface area contributed by atoms with Crippen LogP contribution in [0.5, 0.6) is 5.75 Å². The second-order valence-electron chi connectivity index (χ2n) is 6.25. The zero-order chi connectivity index (χ0) is 19.8. The molecule has 2 amide bonds. The van der Waals surface area contributed by atoms with E-state index in [9.17, 15) is 22.8 Å². The summed E-state index contributed by atoms with van der Waals surface area (Å²) in [5.74, 6) is -2.03. The summed E-state index contributed by atoms with van der Waals surface area (Å²) < 4.78 is 43.0. The highest BCUT2D eigenvalue weighted by Gasteiger charge is 2.39. The second kappa shape index (κ2) is 6.94. The van der Waals surface area contributed by atoms with Crippen LogP contribution in [0.3, 0.4) is 0 Å². The lowest BCUT2D eigenvalue weighted by Crippen LogP contribution is -2.44. The summed E-state index contributed by atoms with van der Waals surface area (Å²) in [7, 11) is 0. The van der Waals surface area contributed by atoms with Crippen molar-refractivity contribution < 1.29 is 27.5 Å². The summed E-state index contributed by atoms with van der Waals surface area (Å²) in [5.41, 5.74) is 2.11. The maximum Gasteiger partial charge on any atom is 0.471 e. The number of amides is 2. The summed E-state index contributed by atoms with van der Waals surface area (Å²) in [6, 6.07) is 11.5. The molecule has 1 atom stereocenters. The molecule has 0 aromatic heterocycles. The molecule has 5 nitrogen and oxygen atoms in total. The smallest absolute Gasteiger partial charge is 0.471 e. The maximum atomic E-state index is 12.6. The normalized spacial score (nSPS) is 16.6. The van der Waals surface area contributed by atoms with Gasteiger partial charge in [-0.2, -0.15) is 13.2 Å². The highest BCUT2D eigenvalue weighted by atomic mass is 19.4. The first-order valence-electron chi connectivity index (χ1n) is 8.21. The molecule has 0 saturated heterocycles. The van der Waals surface area contributed by atoms with Gasteiger partial charge in [0.1, 0.15) is 5.75 Å². The molecule has 1 heterocycles. The molecule has 1 N–H and O–H groups in total. The van der Waals surface area contributed by atoms with E-state index in [1.54, 1.807) is 12.2 Å². The van der Waals surface area contributed by atoms with Crippen molar-refractivity contribution in [3.63, 3.8) is 0 Å². The molecule has 1 aliphatic rings. The van der Waals surface area contributed by atoms with Gasteiger partial charge in [0.15, 0.2) is 6.10 Å². The van der Waals surface area contributed by atoms with Gasteiger partial charge >= 0.3 is 12.1 Å². The number of nitrogens with zero attached hydrogens (tertiary/aromatic N) is 1. The number of anilines is 2. The highest BCUT2D eigenvalue weighted by Crippen LogP contribution is 2.37. The zero-order valence-electron chi connectivity index (χ0n) is 14.6. The molecule has 1 unspecified atom stereocenters. The standard InChI is InChI=1S/C19H17F3N2O3/c1-11-5-3-4-6-13(11)10-24-15-9-14(23-18(26)19(20,21)22)7-8-16(15)27-12(2)17(24)25/h3-9,12H,10H2,1-2H3,(H,23,26). The number of benzene rings is 2. The SMILES string of the molecule is Cc1ccccc1CN1C(=O)C(C)Oc2ccc(NC(=O)C(F)(F)F)cc21. The minimum Gasteiger partial charge on any atom is -0.479 e. The van der Waals surface area contributed by atoms with Crippen LogP contribution in [0.25, 0.3) is 0 Å². The first-order chi connectivity index (χ1) is 12.7. The number of carbonyl (C=O) groups is 2. The van der Waals surface area contributed by atoms with Crippen LogP contribution in [-0.4, -0.2) is 24.1 Å². The molecule has 3 rings (SSSR count). The van der Waals surface area contributed by atoms with Crippen LogP contribution < -0.4 is 15.0 Å². The molecule has 1 aliphatic heterocycles. The molecule has 0 spiro atoms. The predicted octanol–water partition coefficient (Wildman–Crippen LogP) is 3.81. The van der Waals surface area contributed by atoms with Crippen molar-refractivity contribution in [3.8, 4) is 5.75 Å². The number of carbonyl (C=O) groups excluding carboxylic acids is 2. The van der Waals surface area contributed by atoms with Gasteiger partial charge in [0.05, 0.1) is 12.2 Å². The Labute approximate surface area is 153 Å². The Balaban J connectivity index is 1.96. The zero-order valence-corrected chi connectivity index (χ0v) is 14.6. The van der Waals surface area contributed by atoms with Gasteiger partial charge in [-0.15, -0.1) is 0 Å². The summed E-state index contributed by atoms with van der Waals surface area (Å²) in [6.07, 6.45) is -5.73. The van der Waals surface area contributed by atoms with Crippen molar-refractivity contribution in [1.29, 1.82) is 0 Å². The first kappa shape index (κ1) is 18.8. The Kier molecular flexibility index (Phi) is 4.82. The number of aryl methyl sites for hydroxylation is 1. The van der Waals surface area contributed by atoms with Crippen LogP contribution in [0.4, 0.5) is 24.5 Å². The molecule has 27 heavy (non-hydrogen) atoms. The molecule has 0 bridgehead atoms. The highest BCUT2D eigenvalue weighted by molar-refractivity contribution is 6.01. The molecule has 0 radical (unpaired) electrons. The Morgan fingerprint density at radius 1 is 1.22 bits per heavy atom. The third-order valence-electron chi connectivity index (χ3n) is 4.27. The van der Waals surface area contributed by atoms with Gasteiger partial charge in [-0.1, -0.05) is 24.3 Å². The van der Waals surface area contributed by atoms with Crippen molar-refractivity contribution >= 4 is 23.2 Å². The molecule has 0 saturated carbocycles. The van der Waals surface area contributed by atoms with Crippen LogP contribution in [0.15, 0.2) is 42.5 Å². The van der Waals surface area contributed by atoms with Crippen LogP contribution in [0.2, 0.25) is 0 Å². The molecule has 0 fully saturated rings. The Morgan fingerprint density at radius 2 is 1.93 bits per heavy atom. The molecule has 8 heteroatoms. The topological polar surface area (TPSA) is 58.6 Å². The monoisotopic (exact) mass is 378 g/mol. The van der Waals surface area contributed by atoms with Crippen molar-refractivity contribution in [1.82, 2.24) is 0 Å². The van der Waals surface area contributed by atoms with Crippen LogP contribution in [0, 0.1) is 6.92 Å². The fourth-order valence-electron chi connectivity index (χ4n) is 2.81. The summed E-state index contributed by atoms with van der Waals surface area (Å²) in [5, 5.41) is 1.80. The first-order valence-corrected chi connectivity index (χ1v) is 8.21. The van der Waals surface area contributed by atoms with E-state index in [4.69, 9.17) is 4.74 Å². The molecule has 142 valence electrons. The quantitative estimate of drug-likeness (QED) is 0.884. The number of rotatable bonds is 3. The number of alkyl halides is 3. The maximum absolute atomic E-state index is 12.6. The van der Waals surface area contributed by atoms with Gasteiger partial charge in [0.2, 0.25) is 0 Å². The lowest BCUT2D eigenvalue weighted by Gasteiger charge is -2.33. The Hall–Kier alpha value is -3.03. The molecular weight excluding hydrogens is 361 g/mol. The lowest BCUT2D eigenvalue weighted by molar-refractivity contribution is -0.167. The number of nitrogens with one attached hydrogen (secondary N) is 1. The van der Waals surface area contributed by atoms with E-state index in [2.05, 4.69) is 0 Å².